The zero-order chi connectivity index (χ0) is 18.9. The van der Waals surface area contributed by atoms with E-state index >= 15 is 0 Å². The van der Waals surface area contributed by atoms with Gasteiger partial charge in [0.2, 0.25) is 0 Å². The molecule has 6 nitrogen and oxygen atoms in total. The number of hydrazine groups is 1. The summed E-state index contributed by atoms with van der Waals surface area (Å²) in [5.41, 5.74) is 5.85. The smallest absolute Gasteiger partial charge is 0.269 e. The van der Waals surface area contributed by atoms with Crippen LogP contribution in [0.3, 0.4) is 0 Å². The Hall–Kier alpha value is -2.93. The number of hydrogen-bond donors (Lipinski definition) is 3. The van der Waals surface area contributed by atoms with E-state index in [0.29, 0.717) is 29.4 Å². The van der Waals surface area contributed by atoms with E-state index in [1.807, 2.05) is 6.07 Å². The minimum atomic E-state index is -0.378. The summed E-state index contributed by atoms with van der Waals surface area (Å²) in [5.74, 6) is 0.392. The van der Waals surface area contributed by atoms with Crippen molar-refractivity contribution < 1.29 is 14.3 Å². The Labute approximate surface area is 157 Å². The van der Waals surface area contributed by atoms with Crippen LogP contribution in [0.4, 0.5) is 0 Å². The molecule has 0 bridgehead atoms. The molecule has 26 heavy (non-hydrogen) atoms. The van der Waals surface area contributed by atoms with Gasteiger partial charge in [0.05, 0.1) is 6.61 Å². The maximum absolute atomic E-state index is 12.1. The van der Waals surface area contributed by atoms with Crippen molar-refractivity contribution in [3.63, 3.8) is 0 Å². The summed E-state index contributed by atoms with van der Waals surface area (Å²) >= 11 is 5.00. The zero-order valence-corrected chi connectivity index (χ0v) is 15.4. The quantitative estimate of drug-likeness (QED) is 0.556. The predicted octanol–water partition coefficient (Wildman–Crippen LogP) is 2.67. The van der Waals surface area contributed by atoms with Crippen molar-refractivity contribution in [2.24, 2.45) is 5.92 Å². The second-order valence-corrected chi connectivity index (χ2v) is 6.37. The number of nitrogens with one attached hydrogen (secondary N) is 3. The SMILES string of the molecule is CC(C)COc1ccc(C(=O)NNC(=S)NC(=O)c2ccccc2)cc1. The van der Waals surface area contributed by atoms with Gasteiger partial charge >= 0.3 is 0 Å². The van der Waals surface area contributed by atoms with Crippen LogP contribution in [0.2, 0.25) is 0 Å². The van der Waals surface area contributed by atoms with Gasteiger partial charge in [-0.25, -0.2) is 0 Å². The van der Waals surface area contributed by atoms with Crippen molar-refractivity contribution >= 4 is 29.1 Å². The van der Waals surface area contributed by atoms with Crippen LogP contribution in [-0.4, -0.2) is 23.5 Å². The Bertz CT molecular complexity index is 761. The van der Waals surface area contributed by atoms with E-state index in [9.17, 15) is 9.59 Å². The molecule has 0 unspecified atom stereocenters. The van der Waals surface area contributed by atoms with Gasteiger partial charge < -0.3 is 4.74 Å². The van der Waals surface area contributed by atoms with Crippen LogP contribution in [0.5, 0.6) is 5.75 Å². The standard InChI is InChI=1S/C19H21N3O3S/c1-13(2)12-25-16-10-8-15(9-11-16)18(24)21-22-19(26)20-17(23)14-6-4-3-5-7-14/h3-11,13H,12H2,1-2H3,(H,21,24)(H2,20,22,23,26). The highest BCUT2D eigenvalue weighted by molar-refractivity contribution is 7.80. The van der Waals surface area contributed by atoms with Gasteiger partial charge in [-0.1, -0.05) is 32.0 Å². The largest absolute Gasteiger partial charge is 0.493 e. The lowest BCUT2D eigenvalue weighted by Gasteiger charge is -2.11. The average Bonchev–Trinajstić information content (AvgIpc) is 2.65. The molecule has 2 rings (SSSR count). The lowest BCUT2D eigenvalue weighted by Crippen LogP contribution is -2.48. The van der Waals surface area contributed by atoms with E-state index in [2.05, 4.69) is 30.0 Å². The summed E-state index contributed by atoms with van der Waals surface area (Å²) in [7, 11) is 0. The normalized spacial score (nSPS) is 10.1. The summed E-state index contributed by atoms with van der Waals surface area (Å²) in [4.78, 5) is 24.0. The lowest BCUT2D eigenvalue weighted by atomic mass is 10.2. The van der Waals surface area contributed by atoms with E-state index in [4.69, 9.17) is 17.0 Å². The molecule has 3 N–H and O–H groups in total. The van der Waals surface area contributed by atoms with Gasteiger partial charge in [0.1, 0.15) is 5.75 Å². The third-order valence-corrected chi connectivity index (χ3v) is 3.46. The molecular weight excluding hydrogens is 350 g/mol. The van der Waals surface area contributed by atoms with Crippen LogP contribution < -0.4 is 20.9 Å². The number of hydrogen-bond acceptors (Lipinski definition) is 4. The molecule has 0 saturated heterocycles. The number of rotatable bonds is 5. The molecule has 0 fully saturated rings. The Balaban J connectivity index is 1.80. The molecule has 0 radical (unpaired) electrons. The molecule has 0 aromatic heterocycles. The summed E-state index contributed by atoms with van der Waals surface area (Å²) in [6, 6.07) is 15.4. The first-order valence-corrected chi connectivity index (χ1v) is 8.56. The van der Waals surface area contributed by atoms with E-state index in [1.165, 1.54) is 0 Å². The van der Waals surface area contributed by atoms with Gasteiger partial charge in [-0.2, -0.15) is 0 Å². The lowest BCUT2D eigenvalue weighted by molar-refractivity contribution is 0.0934. The maximum atomic E-state index is 12.1. The van der Waals surface area contributed by atoms with Crippen LogP contribution in [0, 0.1) is 5.92 Å². The third-order valence-electron chi connectivity index (χ3n) is 3.25. The highest BCUT2D eigenvalue weighted by Crippen LogP contribution is 2.13. The molecule has 0 aliphatic rings. The molecule has 2 aromatic rings. The number of thiocarbonyl (C=S) groups is 1. The summed E-state index contributed by atoms with van der Waals surface area (Å²) < 4.78 is 5.57. The average molecular weight is 371 g/mol. The summed E-state index contributed by atoms with van der Waals surface area (Å²) in [6.45, 7) is 4.74. The molecule has 0 atom stereocenters. The molecule has 0 heterocycles. The van der Waals surface area contributed by atoms with Gasteiger partial charge in [0.25, 0.3) is 11.8 Å². The topological polar surface area (TPSA) is 79.5 Å². The van der Waals surface area contributed by atoms with Crippen molar-refractivity contribution in [1.82, 2.24) is 16.2 Å². The number of carbonyl (C=O) groups is 2. The maximum Gasteiger partial charge on any atom is 0.269 e. The van der Waals surface area contributed by atoms with Gasteiger partial charge in [-0.3, -0.25) is 25.8 Å². The molecule has 0 spiro atoms. The van der Waals surface area contributed by atoms with Crippen LogP contribution in [0.25, 0.3) is 0 Å². The minimum Gasteiger partial charge on any atom is -0.493 e. The van der Waals surface area contributed by atoms with E-state index in [0.717, 1.165) is 0 Å². The second kappa shape index (κ2) is 9.53. The molecular formula is C19H21N3O3S. The fraction of sp³-hybridized carbons (Fsp3) is 0.211. The van der Waals surface area contributed by atoms with Crippen molar-refractivity contribution in [3.8, 4) is 5.75 Å². The Kier molecular flexibility index (Phi) is 7.11. The van der Waals surface area contributed by atoms with Gasteiger partial charge in [-0.15, -0.1) is 0 Å². The first kappa shape index (κ1) is 19.4. The predicted molar refractivity (Wildman–Crippen MR) is 104 cm³/mol. The zero-order valence-electron chi connectivity index (χ0n) is 14.6. The van der Waals surface area contributed by atoms with Crippen LogP contribution >= 0.6 is 12.2 Å². The summed E-state index contributed by atoms with van der Waals surface area (Å²) in [6.07, 6.45) is 0. The fourth-order valence-corrected chi connectivity index (χ4v) is 2.09. The third kappa shape index (κ3) is 6.18. The summed E-state index contributed by atoms with van der Waals surface area (Å²) in [5, 5.41) is 2.49. The van der Waals surface area contributed by atoms with Crippen molar-refractivity contribution in [3.05, 3.63) is 65.7 Å². The highest BCUT2D eigenvalue weighted by atomic mass is 32.1. The van der Waals surface area contributed by atoms with Crippen molar-refractivity contribution in [1.29, 1.82) is 0 Å². The molecule has 0 aliphatic heterocycles. The Morgan fingerprint density at radius 1 is 0.923 bits per heavy atom. The minimum absolute atomic E-state index is 0.00379. The van der Waals surface area contributed by atoms with Crippen LogP contribution in [0.15, 0.2) is 54.6 Å². The Morgan fingerprint density at radius 2 is 1.54 bits per heavy atom. The van der Waals surface area contributed by atoms with E-state index < -0.39 is 0 Å². The van der Waals surface area contributed by atoms with Gasteiger partial charge in [-0.05, 0) is 54.5 Å². The Morgan fingerprint density at radius 3 is 2.15 bits per heavy atom. The van der Waals surface area contributed by atoms with Gasteiger partial charge in [0, 0.05) is 11.1 Å². The first-order valence-electron chi connectivity index (χ1n) is 8.15. The molecule has 136 valence electrons. The molecule has 0 aliphatic carbocycles. The van der Waals surface area contributed by atoms with E-state index in [1.54, 1.807) is 48.5 Å². The number of ether oxygens (including phenoxy) is 1. The monoisotopic (exact) mass is 371 g/mol. The second-order valence-electron chi connectivity index (χ2n) is 5.96. The number of carbonyl (C=O) groups excluding carboxylic acids is 2. The van der Waals surface area contributed by atoms with Crippen molar-refractivity contribution in [2.75, 3.05) is 6.61 Å². The van der Waals surface area contributed by atoms with Gasteiger partial charge in [0.15, 0.2) is 5.11 Å². The fourth-order valence-electron chi connectivity index (χ4n) is 1.95. The molecule has 2 aromatic carbocycles. The van der Waals surface area contributed by atoms with Crippen molar-refractivity contribution in [2.45, 2.75) is 13.8 Å². The van der Waals surface area contributed by atoms with Crippen LogP contribution in [0.1, 0.15) is 34.6 Å². The number of benzene rings is 2. The molecule has 7 heteroatoms. The highest BCUT2D eigenvalue weighted by Gasteiger charge is 2.09. The van der Waals surface area contributed by atoms with E-state index in [-0.39, 0.29) is 16.9 Å². The molecule has 2 amide bonds. The first-order chi connectivity index (χ1) is 12.5. The van der Waals surface area contributed by atoms with Crippen LogP contribution in [-0.2, 0) is 0 Å². The molecule has 0 saturated carbocycles. The number of amides is 2.